The Morgan fingerprint density at radius 2 is 2.00 bits per heavy atom. The summed E-state index contributed by atoms with van der Waals surface area (Å²) < 4.78 is 6.43. The summed E-state index contributed by atoms with van der Waals surface area (Å²) in [6.07, 6.45) is 0. The van der Waals surface area contributed by atoms with Gasteiger partial charge in [0, 0.05) is 5.54 Å². The van der Waals surface area contributed by atoms with Crippen LogP contribution in [0.3, 0.4) is 0 Å². The monoisotopic (exact) mass is 333 g/mol. The van der Waals surface area contributed by atoms with Crippen LogP contribution in [0.4, 0.5) is 0 Å². The molecule has 16 heavy (non-hydrogen) atoms. The highest BCUT2D eigenvalue weighted by atomic mass is 127. The van der Waals surface area contributed by atoms with E-state index in [0.717, 1.165) is 9.32 Å². The van der Waals surface area contributed by atoms with Gasteiger partial charge in [0.1, 0.15) is 5.75 Å². The van der Waals surface area contributed by atoms with E-state index >= 15 is 0 Å². The van der Waals surface area contributed by atoms with Gasteiger partial charge in [0.15, 0.2) is 6.61 Å². The maximum Gasteiger partial charge on any atom is 0.258 e. The molecule has 0 bridgehead atoms. The lowest BCUT2D eigenvalue weighted by Crippen LogP contribution is -2.43. The topological polar surface area (TPSA) is 38.3 Å². The summed E-state index contributed by atoms with van der Waals surface area (Å²) in [7, 11) is 0. The minimum Gasteiger partial charge on any atom is -0.483 e. The molecule has 88 valence electrons. The van der Waals surface area contributed by atoms with Gasteiger partial charge in [-0.05, 0) is 55.5 Å². The maximum atomic E-state index is 11.5. The van der Waals surface area contributed by atoms with Crippen molar-refractivity contribution in [3.63, 3.8) is 0 Å². The van der Waals surface area contributed by atoms with Gasteiger partial charge in [0.05, 0.1) is 3.57 Å². The highest BCUT2D eigenvalue weighted by Gasteiger charge is 2.14. The fourth-order valence-corrected chi connectivity index (χ4v) is 1.70. The van der Waals surface area contributed by atoms with Crippen molar-refractivity contribution < 1.29 is 9.53 Å². The zero-order valence-corrected chi connectivity index (χ0v) is 11.9. The zero-order valence-electron chi connectivity index (χ0n) is 9.71. The standard InChI is InChI=1S/C12H16INO2/c1-12(2,3)14-11(15)8-16-10-7-5-4-6-9(10)13/h4-7H,8H2,1-3H3,(H,14,15). The molecule has 0 aromatic heterocycles. The average molecular weight is 333 g/mol. The van der Waals surface area contributed by atoms with Gasteiger partial charge in [-0.2, -0.15) is 0 Å². The average Bonchev–Trinajstić information content (AvgIpc) is 2.14. The second kappa shape index (κ2) is 5.52. The van der Waals surface area contributed by atoms with Gasteiger partial charge in [0.25, 0.3) is 5.91 Å². The van der Waals surface area contributed by atoms with Gasteiger partial charge in [-0.1, -0.05) is 12.1 Å². The first-order valence-electron chi connectivity index (χ1n) is 5.07. The summed E-state index contributed by atoms with van der Waals surface area (Å²) in [5, 5.41) is 2.84. The third-order valence-corrected chi connectivity index (χ3v) is 2.60. The molecular weight excluding hydrogens is 317 g/mol. The van der Waals surface area contributed by atoms with Crippen LogP contribution in [-0.2, 0) is 4.79 Å². The molecule has 0 aliphatic rings. The van der Waals surface area contributed by atoms with Crippen LogP contribution in [0.15, 0.2) is 24.3 Å². The quantitative estimate of drug-likeness (QED) is 0.864. The number of ether oxygens (including phenoxy) is 1. The number of carbonyl (C=O) groups is 1. The summed E-state index contributed by atoms with van der Waals surface area (Å²) in [5.41, 5.74) is -0.218. The SMILES string of the molecule is CC(C)(C)NC(=O)COc1ccccc1I. The first-order valence-corrected chi connectivity index (χ1v) is 6.15. The molecule has 0 atom stereocenters. The van der Waals surface area contributed by atoms with E-state index in [-0.39, 0.29) is 18.1 Å². The maximum absolute atomic E-state index is 11.5. The summed E-state index contributed by atoms with van der Waals surface area (Å²) in [5.74, 6) is 0.638. The van der Waals surface area contributed by atoms with Gasteiger partial charge in [-0.25, -0.2) is 0 Å². The summed E-state index contributed by atoms with van der Waals surface area (Å²) in [6.45, 7) is 5.88. The first kappa shape index (κ1) is 13.3. The lowest BCUT2D eigenvalue weighted by Gasteiger charge is -2.20. The van der Waals surface area contributed by atoms with E-state index in [1.54, 1.807) is 0 Å². The lowest BCUT2D eigenvalue weighted by atomic mass is 10.1. The van der Waals surface area contributed by atoms with E-state index < -0.39 is 0 Å². The minimum absolute atomic E-state index is 0.0529. The van der Waals surface area contributed by atoms with Crippen molar-refractivity contribution >= 4 is 28.5 Å². The number of rotatable bonds is 3. The largest absolute Gasteiger partial charge is 0.483 e. The molecule has 0 saturated heterocycles. The molecule has 1 amide bonds. The molecule has 0 aliphatic heterocycles. The van der Waals surface area contributed by atoms with Gasteiger partial charge in [-0.3, -0.25) is 4.79 Å². The van der Waals surface area contributed by atoms with Crippen molar-refractivity contribution in [1.82, 2.24) is 5.32 Å². The number of hydrogen-bond acceptors (Lipinski definition) is 2. The van der Waals surface area contributed by atoms with Crippen LogP contribution < -0.4 is 10.1 Å². The lowest BCUT2D eigenvalue weighted by molar-refractivity contribution is -0.124. The van der Waals surface area contributed by atoms with Crippen molar-refractivity contribution in [2.75, 3.05) is 6.61 Å². The molecule has 0 radical (unpaired) electrons. The van der Waals surface area contributed by atoms with Crippen LogP contribution in [-0.4, -0.2) is 18.1 Å². The number of para-hydroxylation sites is 1. The molecule has 1 aromatic carbocycles. The Balaban J connectivity index is 2.47. The smallest absolute Gasteiger partial charge is 0.258 e. The van der Waals surface area contributed by atoms with Crippen molar-refractivity contribution in [2.45, 2.75) is 26.3 Å². The Labute approximate surface area is 110 Å². The van der Waals surface area contributed by atoms with E-state index in [2.05, 4.69) is 27.9 Å². The fraction of sp³-hybridized carbons (Fsp3) is 0.417. The Morgan fingerprint density at radius 1 is 1.38 bits per heavy atom. The second-order valence-electron chi connectivity index (χ2n) is 4.52. The number of halogens is 1. The second-order valence-corrected chi connectivity index (χ2v) is 5.68. The highest BCUT2D eigenvalue weighted by Crippen LogP contribution is 2.19. The molecule has 1 N–H and O–H groups in total. The molecule has 0 unspecified atom stereocenters. The van der Waals surface area contributed by atoms with Crippen LogP contribution in [0.2, 0.25) is 0 Å². The Hall–Kier alpha value is -0.780. The minimum atomic E-state index is -0.218. The number of nitrogens with one attached hydrogen (secondary N) is 1. The van der Waals surface area contributed by atoms with Crippen molar-refractivity contribution in [2.24, 2.45) is 0 Å². The van der Waals surface area contributed by atoms with E-state index in [1.165, 1.54) is 0 Å². The predicted octanol–water partition coefficient (Wildman–Crippen LogP) is 2.58. The molecule has 0 spiro atoms. The number of carbonyl (C=O) groups excluding carboxylic acids is 1. The molecule has 1 aromatic rings. The van der Waals surface area contributed by atoms with Crippen molar-refractivity contribution in [1.29, 1.82) is 0 Å². The molecule has 0 saturated carbocycles. The van der Waals surface area contributed by atoms with Crippen molar-refractivity contribution in [3.8, 4) is 5.75 Å². The Kier molecular flexibility index (Phi) is 4.58. The van der Waals surface area contributed by atoms with Gasteiger partial charge in [0.2, 0.25) is 0 Å². The van der Waals surface area contributed by atoms with Crippen LogP contribution in [0.1, 0.15) is 20.8 Å². The normalized spacial score (nSPS) is 11.0. The van der Waals surface area contributed by atoms with Crippen molar-refractivity contribution in [3.05, 3.63) is 27.8 Å². The van der Waals surface area contributed by atoms with Gasteiger partial charge in [-0.15, -0.1) is 0 Å². The molecule has 1 rings (SSSR count). The van der Waals surface area contributed by atoms with Crippen LogP contribution in [0.5, 0.6) is 5.75 Å². The van der Waals surface area contributed by atoms with Crippen LogP contribution >= 0.6 is 22.6 Å². The molecule has 0 aliphatic carbocycles. The number of amides is 1. The Morgan fingerprint density at radius 3 is 2.56 bits per heavy atom. The third-order valence-electron chi connectivity index (χ3n) is 1.71. The van der Waals surface area contributed by atoms with Gasteiger partial charge < -0.3 is 10.1 Å². The molecule has 0 fully saturated rings. The fourth-order valence-electron chi connectivity index (χ4n) is 1.16. The first-order chi connectivity index (χ1) is 7.38. The van der Waals surface area contributed by atoms with E-state index in [1.807, 2.05) is 45.0 Å². The third kappa shape index (κ3) is 4.83. The number of hydrogen-bond donors (Lipinski definition) is 1. The van der Waals surface area contributed by atoms with Gasteiger partial charge >= 0.3 is 0 Å². The summed E-state index contributed by atoms with van der Waals surface area (Å²) in [4.78, 5) is 11.5. The zero-order chi connectivity index (χ0) is 12.2. The molecular formula is C12H16INO2. The molecule has 3 nitrogen and oxygen atoms in total. The van der Waals surface area contributed by atoms with E-state index in [0.29, 0.717) is 0 Å². The number of benzene rings is 1. The van der Waals surface area contributed by atoms with Crippen LogP contribution in [0, 0.1) is 3.57 Å². The van der Waals surface area contributed by atoms with E-state index in [4.69, 9.17) is 4.74 Å². The molecule has 4 heteroatoms. The Bertz CT molecular complexity index is 372. The summed E-state index contributed by atoms with van der Waals surface area (Å²) in [6, 6.07) is 7.62. The van der Waals surface area contributed by atoms with Crippen LogP contribution in [0.25, 0.3) is 0 Å². The summed E-state index contributed by atoms with van der Waals surface area (Å²) >= 11 is 2.18. The molecule has 0 heterocycles. The van der Waals surface area contributed by atoms with E-state index in [9.17, 15) is 4.79 Å². The predicted molar refractivity (Wildman–Crippen MR) is 72.5 cm³/mol. The highest BCUT2D eigenvalue weighted by molar-refractivity contribution is 14.1.